The van der Waals surface area contributed by atoms with Gasteiger partial charge in [0, 0.05) is 23.7 Å². The topological polar surface area (TPSA) is 55.2 Å². The third-order valence-corrected chi connectivity index (χ3v) is 3.02. The van der Waals surface area contributed by atoms with Gasteiger partial charge in [0.25, 0.3) is 5.69 Å². The van der Waals surface area contributed by atoms with Gasteiger partial charge in [-0.15, -0.1) is 0 Å². The molecule has 2 rings (SSSR count). The van der Waals surface area contributed by atoms with Crippen molar-refractivity contribution in [2.24, 2.45) is 5.92 Å². The lowest BCUT2D eigenvalue weighted by molar-refractivity contribution is -0.384. The second-order valence-corrected chi connectivity index (χ2v) is 5.38. The predicted molar refractivity (Wildman–Crippen MR) is 88.8 cm³/mol. The van der Waals surface area contributed by atoms with Crippen LogP contribution in [0.3, 0.4) is 0 Å². The van der Waals surface area contributed by atoms with Gasteiger partial charge >= 0.3 is 0 Å². The van der Waals surface area contributed by atoms with E-state index in [9.17, 15) is 10.1 Å². The summed E-state index contributed by atoms with van der Waals surface area (Å²) in [7, 11) is 0. The fraction of sp³-hybridized carbons (Fsp3) is 0.222. The molecule has 0 unspecified atom stereocenters. The third kappa shape index (κ3) is 4.35. The first kappa shape index (κ1) is 15.6. The second-order valence-electron chi connectivity index (χ2n) is 5.38. The number of nitro groups is 1. The molecule has 4 heteroatoms. The van der Waals surface area contributed by atoms with E-state index in [1.165, 1.54) is 6.07 Å². The number of benzene rings is 2. The van der Waals surface area contributed by atoms with Crippen LogP contribution >= 0.6 is 0 Å². The lowest BCUT2D eigenvalue weighted by Crippen LogP contribution is -2.09. The van der Waals surface area contributed by atoms with Crippen LogP contribution in [0.15, 0.2) is 48.5 Å². The molecule has 0 aliphatic heterocycles. The number of hydrogen-bond donors (Lipinski definition) is 1. The lowest BCUT2D eigenvalue weighted by Gasteiger charge is -2.09. The molecular weight excluding hydrogens is 276 g/mol. The summed E-state index contributed by atoms with van der Waals surface area (Å²) < 4.78 is 0. The van der Waals surface area contributed by atoms with Crippen molar-refractivity contribution in [1.29, 1.82) is 0 Å². The molecule has 112 valence electrons. The number of anilines is 1. The van der Waals surface area contributed by atoms with Crippen LogP contribution in [0.5, 0.6) is 0 Å². The highest BCUT2D eigenvalue weighted by atomic mass is 16.6. The first-order valence-electron chi connectivity index (χ1n) is 7.15. The molecule has 2 aromatic carbocycles. The van der Waals surface area contributed by atoms with Crippen LogP contribution in [0.25, 0.3) is 0 Å². The Labute approximate surface area is 130 Å². The van der Waals surface area contributed by atoms with Gasteiger partial charge in [-0.25, -0.2) is 0 Å². The maximum absolute atomic E-state index is 11.2. The maximum atomic E-state index is 11.2. The molecule has 22 heavy (non-hydrogen) atoms. The Morgan fingerprint density at radius 1 is 1.09 bits per heavy atom. The minimum Gasteiger partial charge on any atom is -0.379 e. The van der Waals surface area contributed by atoms with Crippen LogP contribution in [-0.2, 0) is 0 Å². The number of nitrogens with one attached hydrogen (secondary N) is 1. The van der Waals surface area contributed by atoms with Crippen LogP contribution in [0.1, 0.15) is 25.0 Å². The summed E-state index contributed by atoms with van der Waals surface area (Å²) in [6.45, 7) is 4.80. The molecule has 4 nitrogen and oxygen atoms in total. The van der Waals surface area contributed by atoms with E-state index in [2.05, 4.69) is 31.0 Å². The summed E-state index contributed by atoms with van der Waals surface area (Å²) in [6, 6.07) is 14.6. The lowest BCUT2D eigenvalue weighted by atomic mass is 10.1. The Kier molecular flexibility index (Phi) is 5.16. The van der Waals surface area contributed by atoms with Gasteiger partial charge in [0.15, 0.2) is 0 Å². The predicted octanol–water partition coefficient (Wildman–Crippen LogP) is 4.06. The largest absolute Gasteiger partial charge is 0.379 e. The van der Waals surface area contributed by atoms with E-state index in [0.717, 1.165) is 5.56 Å². The highest BCUT2D eigenvalue weighted by Crippen LogP contribution is 2.25. The molecule has 0 heterocycles. The van der Waals surface area contributed by atoms with Gasteiger partial charge in [-0.1, -0.05) is 43.9 Å². The Hall–Kier alpha value is -2.80. The summed E-state index contributed by atoms with van der Waals surface area (Å²) in [5, 5.41) is 14.3. The molecule has 1 N–H and O–H groups in total. The van der Waals surface area contributed by atoms with E-state index >= 15 is 0 Å². The summed E-state index contributed by atoms with van der Waals surface area (Å²) >= 11 is 0. The van der Waals surface area contributed by atoms with Crippen molar-refractivity contribution in [1.82, 2.24) is 0 Å². The Morgan fingerprint density at radius 3 is 2.41 bits per heavy atom. The first-order valence-corrected chi connectivity index (χ1v) is 7.15. The molecule has 0 saturated carbocycles. The fourth-order valence-electron chi connectivity index (χ4n) is 1.89. The Morgan fingerprint density at radius 2 is 1.77 bits per heavy atom. The Bertz CT molecular complexity index is 713. The van der Waals surface area contributed by atoms with E-state index in [1.807, 2.05) is 30.3 Å². The molecule has 2 aromatic rings. The summed E-state index contributed by atoms with van der Waals surface area (Å²) in [5.74, 6) is 6.38. The van der Waals surface area contributed by atoms with Gasteiger partial charge in [-0.3, -0.25) is 10.1 Å². The van der Waals surface area contributed by atoms with Gasteiger partial charge in [0.05, 0.1) is 4.92 Å². The molecule has 0 aromatic heterocycles. The zero-order valence-corrected chi connectivity index (χ0v) is 12.7. The number of nitrogens with zero attached hydrogens (tertiary/aromatic N) is 1. The van der Waals surface area contributed by atoms with Crippen molar-refractivity contribution < 1.29 is 4.92 Å². The molecular formula is C18H18N2O2. The zero-order valence-electron chi connectivity index (χ0n) is 12.7. The smallest absolute Gasteiger partial charge is 0.293 e. The molecule has 0 fully saturated rings. The van der Waals surface area contributed by atoms with E-state index in [4.69, 9.17) is 0 Å². The Balaban J connectivity index is 2.26. The molecule has 0 bridgehead atoms. The van der Waals surface area contributed by atoms with Gasteiger partial charge < -0.3 is 5.32 Å². The van der Waals surface area contributed by atoms with Crippen molar-refractivity contribution in [2.45, 2.75) is 13.8 Å². The average Bonchev–Trinajstić information content (AvgIpc) is 2.52. The van der Waals surface area contributed by atoms with Gasteiger partial charge in [0.1, 0.15) is 5.69 Å². The van der Waals surface area contributed by atoms with Crippen molar-refractivity contribution >= 4 is 11.4 Å². The normalized spacial score (nSPS) is 9.95. The van der Waals surface area contributed by atoms with Gasteiger partial charge in [0.2, 0.25) is 0 Å². The summed E-state index contributed by atoms with van der Waals surface area (Å²) in [5.41, 5.74) is 2.10. The number of hydrogen-bond acceptors (Lipinski definition) is 3. The standard InChI is InChI=1S/C18H18N2O2/c1-14(2)13-19-17-11-10-16(12-18(17)20(21)22)9-8-15-6-4-3-5-7-15/h3-7,10-12,14,19H,13H2,1-2H3. The maximum Gasteiger partial charge on any atom is 0.293 e. The van der Waals surface area contributed by atoms with Crippen LogP contribution in [0.2, 0.25) is 0 Å². The van der Waals surface area contributed by atoms with Crippen molar-refractivity contribution in [3.63, 3.8) is 0 Å². The van der Waals surface area contributed by atoms with E-state index in [-0.39, 0.29) is 10.6 Å². The van der Waals surface area contributed by atoms with E-state index in [0.29, 0.717) is 23.7 Å². The minimum atomic E-state index is -0.379. The SMILES string of the molecule is CC(C)CNc1ccc(C#Cc2ccccc2)cc1[N+](=O)[O-]. The first-order chi connectivity index (χ1) is 10.6. The molecule has 0 aliphatic rings. The summed E-state index contributed by atoms with van der Waals surface area (Å²) in [6.07, 6.45) is 0. The number of nitro benzene ring substituents is 1. The third-order valence-electron chi connectivity index (χ3n) is 3.02. The van der Waals surface area contributed by atoms with Crippen molar-refractivity contribution in [2.75, 3.05) is 11.9 Å². The molecule has 0 atom stereocenters. The highest BCUT2D eigenvalue weighted by molar-refractivity contribution is 5.64. The van der Waals surface area contributed by atoms with E-state index < -0.39 is 0 Å². The van der Waals surface area contributed by atoms with Crippen LogP contribution in [-0.4, -0.2) is 11.5 Å². The molecule has 0 amide bonds. The zero-order chi connectivity index (χ0) is 15.9. The van der Waals surface area contributed by atoms with Gasteiger partial charge in [-0.05, 0) is 30.2 Å². The average molecular weight is 294 g/mol. The fourth-order valence-corrected chi connectivity index (χ4v) is 1.89. The van der Waals surface area contributed by atoms with Crippen LogP contribution in [0, 0.1) is 27.9 Å². The second kappa shape index (κ2) is 7.28. The minimum absolute atomic E-state index is 0.0560. The van der Waals surface area contributed by atoms with Gasteiger partial charge in [-0.2, -0.15) is 0 Å². The number of rotatable bonds is 4. The molecule has 0 saturated heterocycles. The molecule has 0 spiro atoms. The quantitative estimate of drug-likeness (QED) is 0.525. The highest BCUT2D eigenvalue weighted by Gasteiger charge is 2.14. The van der Waals surface area contributed by atoms with Crippen molar-refractivity contribution in [3.8, 4) is 11.8 Å². The van der Waals surface area contributed by atoms with Crippen LogP contribution < -0.4 is 5.32 Å². The van der Waals surface area contributed by atoms with E-state index in [1.54, 1.807) is 12.1 Å². The summed E-state index contributed by atoms with van der Waals surface area (Å²) in [4.78, 5) is 10.8. The molecule has 0 aliphatic carbocycles. The monoisotopic (exact) mass is 294 g/mol. The van der Waals surface area contributed by atoms with Crippen molar-refractivity contribution in [3.05, 3.63) is 69.8 Å². The molecule has 0 radical (unpaired) electrons. The van der Waals surface area contributed by atoms with Crippen LogP contribution in [0.4, 0.5) is 11.4 Å².